The molecule has 4 nitrogen and oxygen atoms in total. The van der Waals surface area contributed by atoms with Gasteiger partial charge in [-0.25, -0.2) is 0 Å². The van der Waals surface area contributed by atoms with Crippen LogP contribution in [0.2, 0.25) is 0 Å². The van der Waals surface area contributed by atoms with Gasteiger partial charge in [0.2, 0.25) is 0 Å². The van der Waals surface area contributed by atoms with Crippen LogP contribution in [-0.4, -0.2) is 19.7 Å². The molecule has 2 aromatic heterocycles. The zero-order valence-electron chi connectivity index (χ0n) is 10.4. The molecule has 0 N–H and O–H groups in total. The summed E-state index contributed by atoms with van der Waals surface area (Å²) < 4.78 is 2.10. The topological polar surface area (TPSA) is 43.6 Å². The van der Waals surface area contributed by atoms with E-state index in [1.165, 1.54) is 0 Å². The molecule has 0 radical (unpaired) electrons. The normalized spacial score (nSPS) is 10.5. The first-order chi connectivity index (χ1) is 8.85. The van der Waals surface area contributed by atoms with Crippen LogP contribution >= 0.6 is 11.8 Å². The van der Waals surface area contributed by atoms with Gasteiger partial charge in [-0.3, -0.25) is 4.98 Å². The van der Waals surface area contributed by atoms with E-state index >= 15 is 0 Å². The summed E-state index contributed by atoms with van der Waals surface area (Å²) in [7, 11) is 0. The fourth-order valence-corrected chi connectivity index (χ4v) is 2.50. The number of nitrogens with zero attached hydrogens (tertiary/aromatic N) is 4. The van der Waals surface area contributed by atoms with E-state index in [4.69, 9.17) is 0 Å². The quantitative estimate of drug-likeness (QED) is 0.591. The molecule has 94 valence electrons. The second-order valence-electron chi connectivity index (χ2n) is 3.76. The number of pyridine rings is 1. The summed E-state index contributed by atoms with van der Waals surface area (Å²) in [5.41, 5.74) is 1.05. The van der Waals surface area contributed by atoms with Crippen LogP contribution in [0.15, 0.2) is 42.2 Å². The molecule has 0 amide bonds. The van der Waals surface area contributed by atoms with Crippen LogP contribution in [-0.2, 0) is 18.7 Å². The molecule has 0 aliphatic heterocycles. The molecule has 18 heavy (non-hydrogen) atoms. The number of hydrogen-bond acceptors (Lipinski definition) is 4. The highest BCUT2D eigenvalue weighted by molar-refractivity contribution is 7.98. The first-order valence-electron chi connectivity index (χ1n) is 5.90. The average molecular weight is 260 g/mol. The van der Waals surface area contributed by atoms with E-state index in [-0.39, 0.29) is 0 Å². The van der Waals surface area contributed by atoms with Gasteiger partial charge in [-0.2, -0.15) is 0 Å². The summed E-state index contributed by atoms with van der Waals surface area (Å²) in [6.07, 6.45) is 4.56. The first-order valence-corrected chi connectivity index (χ1v) is 6.89. The second-order valence-corrected chi connectivity index (χ2v) is 4.70. The molecule has 0 unspecified atom stereocenters. The maximum Gasteiger partial charge on any atom is 0.191 e. The molecule has 0 saturated carbocycles. The molecule has 0 aromatic carbocycles. The zero-order valence-corrected chi connectivity index (χ0v) is 11.2. The Hall–Kier alpha value is -1.62. The van der Waals surface area contributed by atoms with E-state index < -0.39 is 0 Å². The fourth-order valence-electron chi connectivity index (χ4n) is 1.62. The maximum absolute atomic E-state index is 4.30. The number of aryl methyl sites for hydroxylation is 1. The molecule has 0 spiro atoms. The van der Waals surface area contributed by atoms with Crippen LogP contribution in [0.5, 0.6) is 0 Å². The number of rotatable bonds is 6. The molecule has 0 atom stereocenters. The lowest BCUT2D eigenvalue weighted by Gasteiger charge is -2.05. The lowest BCUT2D eigenvalue weighted by molar-refractivity contribution is 0.685. The third kappa shape index (κ3) is 2.98. The van der Waals surface area contributed by atoms with Gasteiger partial charge in [0.1, 0.15) is 5.82 Å². The molecule has 0 aliphatic rings. The summed E-state index contributed by atoms with van der Waals surface area (Å²) in [5, 5.41) is 9.34. The molecule has 2 heterocycles. The Labute approximate surface area is 111 Å². The van der Waals surface area contributed by atoms with Gasteiger partial charge in [0.25, 0.3) is 0 Å². The predicted molar refractivity (Wildman–Crippen MR) is 73.4 cm³/mol. The predicted octanol–water partition coefficient (Wildman–Crippen LogP) is 2.71. The Kier molecular flexibility index (Phi) is 4.52. The van der Waals surface area contributed by atoms with Crippen molar-refractivity contribution in [3.8, 4) is 0 Å². The van der Waals surface area contributed by atoms with E-state index in [0.29, 0.717) is 0 Å². The summed E-state index contributed by atoms with van der Waals surface area (Å²) in [4.78, 5) is 4.30. The molecule has 0 saturated heterocycles. The fraction of sp³-hybridized carbons (Fsp3) is 0.308. The van der Waals surface area contributed by atoms with Crippen LogP contribution in [0.25, 0.3) is 0 Å². The van der Waals surface area contributed by atoms with E-state index in [2.05, 4.69) is 33.3 Å². The molecule has 0 fully saturated rings. The standard InChI is InChI=1S/C13H16N4S/c1-3-9-17-12(4-2)15-16-13(17)18-10-11-7-5-6-8-14-11/h3,5-8H,1,4,9-10H2,2H3. The summed E-state index contributed by atoms with van der Waals surface area (Å²) in [5.74, 6) is 1.80. The van der Waals surface area contributed by atoms with Crippen molar-refractivity contribution in [3.63, 3.8) is 0 Å². The van der Waals surface area contributed by atoms with Gasteiger partial charge >= 0.3 is 0 Å². The van der Waals surface area contributed by atoms with Crippen molar-refractivity contribution in [2.75, 3.05) is 0 Å². The van der Waals surface area contributed by atoms with Gasteiger partial charge in [-0.05, 0) is 12.1 Å². The molecule has 2 aromatic rings. The minimum atomic E-state index is 0.751. The Morgan fingerprint density at radius 2 is 2.28 bits per heavy atom. The second kappa shape index (κ2) is 6.35. The minimum Gasteiger partial charge on any atom is -0.302 e. The van der Waals surface area contributed by atoms with Gasteiger partial charge in [0.05, 0.1) is 5.69 Å². The number of thioether (sulfide) groups is 1. The van der Waals surface area contributed by atoms with Crippen LogP contribution in [0.3, 0.4) is 0 Å². The van der Waals surface area contributed by atoms with Crippen LogP contribution < -0.4 is 0 Å². The number of hydrogen-bond donors (Lipinski definition) is 0. The van der Waals surface area contributed by atoms with E-state index in [9.17, 15) is 0 Å². The SMILES string of the molecule is C=CCn1c(CC)nnc1SCc1ccccn1. The van der Waals surface area contributed by atoms with Crippen molar-refractivity contribution in [2.24, 2.45) is 0 Å². The first kappa shape index (κ1) is 12.8. The number of allylic oxidation sites excluding steroid dienone is 1. The van der Waals surface area contributed by atoms with Gasteiger partial charge in [0.15, 0.2) is 5.16 Å². The van der Waals surface area contributed by atoms with Crippen LogP contribution in [0, 0.1) is 0 Å². The lowest BCUT2D eigenvalue weighted by atomic mass is 10.4. The molecular weight excluding hydrogens is 244 g/mol. The zero-order chi connectivity index (χ0) is 12.8. The maximum atomic E-state index is 4.30. The third-order valence-corrected chi connectivity index (χ3v) is 3.50. The van der Waals surface area contributed by atoms with Crippen LogP contribution in [0.4, 0.5) is 0 Å². The van der Waals surface area contributed by atoms with Crippen molar-refractivity contribution in [3.05, 3.63) is 48.6 Å². The largest absolute Gasteiger partial charge is 0.302 e. The van der Waals surface area contributed by atoms with Crippen molar-refractivity contribution in [1.29, 1.82) is 0 Å². The van der Waals surface area contributed by atoms with Gasteiger partial charge < -0.3 is 4.57 Å². The van der Waals surface area contributed by atoms with E-state index in [1.54, 1.807) is 11.8 Å². The molecule has 5 heteroatoms. The Bertz CT molecular complexity index is 507. The number of aromatic nitrogens is 4. The van der Waals surface area contributed by atoms with Crippen molar-refractivity contribution >= 4 is 11.8 Å². The Morgan fingerprint density at radius 3 is 2.94 bits per heavy atom. The highest BCUT2D eigenvalue weighted by atomic mass is 32.2. The minimum absolute atomic E-state index is 0.751. The summed E-state index contributed by atoms with van der Waals surface area (Å²) in [6.45, 7) is 6.60. The molecule has 0 aliphatic carbocycles. The third-order valence-electron chi connectivity index (χ3n) is 2.50. The highest BCUT2D eigenvalue weighted by Gasteiger charge is 2.10. The van der Waals surface area contributed by atoms with Gasteiger partial charge in [-0.1, -0.05) is 30.8 Å². The van der Waals surface area contributed by atoms with Crippen LogP contribution in [0.1, 0.15) is 18.4 Å². The molecule has 0 bridgehead atoms. The smallest absolute Gasteiger partial charge is 0.191 e. The summed E-state index contributed by atoms with van der Waals surface area (Å²) in [6, 6.07) is 5.93. The monoisotopic (exact) mass is 260 g/mol. The highest BCUT2D eigenvalue weighted by Crippen LogP contribution is 2.21. The van der Waals surface area contributed by atoms with E-state index in [0.717, 1.165) is 35.4 Å². The van der Waals surface area contributed by atoms with Crippen molar-refractivity contribution in [2.45, 2.75) is 30.8 Å². The average Bonchev–Trinajstić information content (AvgIpc) is 2.80. The van der Waals surface area contributed by atoms with Gasteiger partial charge in [0, 0.05) is 24.9 Å². The van der Waals surface area contributed by atoms with E-state index in [1.807, 2.05) is 30.5 Å². The van der Waals surface area contributed by atoms with Crippen molar-refractivity contribution in [1.82, 2.24) is 19.7 Å². The molecular formula is C13H16N4S. The summed E-state index contributed by atoms with van der Waals surface area (Å²) >= 11 is 1.66. The Balaban J connectivity index is 2.09. The lowest BCUT2D eigenvalue weighted by Crippen LogP contribution is -2.02. The Morgan fingerprint density at radius 1 is 1.39 bits per heavy atom. The molecule has 2 rings (SSSR count). The van der Waals surface area contributed by atoms with Gasteiger partial charge in [-0.15, -0.1) is 16.8 Å². The van der Waals surface area contributed by atoms with Crippen molar-refractivity contribution < 1.29 is 0 Å².